The lowest BCUT2D eigenvalue weighted by Crippen LogP contribution is -2.24. The van der Waals surface area contributed by atoms with Gasteiger partial charge >= 0.3 is 0 Å². The first-order valence-corrected chi connectivity index (χ1v) is 8.27. The van der Waals surface area contributed by atoms with Gasteiger partial charge in [-0.15, -0.1) is 11.3 Å². The highest BCUT2D eigenvalue weighted by molar-refractivity contribution is 7.11. The molecule has 2 heterocycles. The normalized spacial score (nSPS) is 12.6. The van der Waals surface area contributed by atoms with Crippen LogP contribution in [0.4, 0.5) is 0 Å². The highest BCUT2D eigenvalue weighted by Gasteiger charge is 2.13. The first kappa shape index (κ1) is 15.2. The summed E-state index contributed by atoms with van der Waals surface area (Å²) in [5.74, 6) is 0. The molecule has 0 spiro atoms. The number of hydrogen-bond donors (Lipinski definition) is 1. The average molecular weight is 288 g/mol. The van der Waals surface area contributed by atoms with Crippen molar-refractivity contribution in [2.45, 2.75) is 46.1 Å². The number of pyridine rings is 1. The number of aryl methyl sites for hydroxylation is 2. The molecule has 0 radical (unpaired) electrons. The van der Waals surface area contributed by atoms with Crippen LogP contribution in [0.1, 0.15) is 47.2 Å². The monoisotopic (exact) mass is 288 g/mol. The molecule has 0 aromatic carbocycles. The second-order valence-electron chi connectivity index (χ2n) is 5.23. The lowest BCUT2D eigenvalue weighted by molar-refractivity contribution is 0.530. The molecule has 2 rings (SSSR count). The Morgan fingerprint density at radius 2 is 2.00 bits per heavy atom. The van der Waals surface area contributed by atoms with E-state index in [-0.39, 0.29) is 0 Å². The summed E-state index contributed by atoms with van der Waals surface area (Å²) in [6, 6.07) is 7.14. The third-order valence-electron chi connectivity index (χ3n) is 3.41. The lowest BCUT2D eigenvalue weighted by Gasteiger charge is -2.18. The van der Waals surface area contributed by atoms with E-state index in [2.05, 4.69) is 49.3 Å². The van der Waals surface area contributed by atoms with Gasteiger partial charge in [0, 0.05) is 34.6 Å². The minimum atomic E-state index is 0.366. The molecule has 1 N–H and O–H groups in total. The van der Waals surface area contributed by atoms with Gasteiger partial charge in [-0.3, -0.25) is 4.98 Å². The maximum Gasteiger partial charge on any atom is 0.0384 e. The van der Waals surface area contributed by atoms with Crippen LogP contribution in [0, 0.1) is 6.92 Å². The molecule has 1 unspecified atom stereocenters. The summed E-state index contributed by atoms with van der Waals surface area (Å²) in [5.41, 5.74) is 2.52. The zero-order valence-electron chi connectivity index (χ0n) is 12.6. The number of aromatic nitrogens is 1. The van der Waals surface area contributed by atoms with Crippen molar-refractivity contribution >= 4 is 11.3 Å². The fourth-order valence-electron chi connectivity index (χ4n) is 2.32. The van der Waals surface area contributed by atoms with Gasteiger partial charge in [0.2, 0.25) is 0 Å². The third-order valence-corrected chi connectivity index (χ3v) is 4.66. The van der Waals surface area contributed by atoms with E-state index in [0.717, 1.165) is 25.8 Å². The minimum Gasteiger partial charge on any atom is -0.310 e. The Morgan fingerprint density at radius 3 is 2.65 bits per heavy atom. The predicted molar refractivity (Wildman–Crippen MR) is 87.4 cm³/mol. The van der Waals surface area contributed by atoms with E-state index < -0.39 is 0 Å². The average Bonchev–Trinajstić information content (AvgIpc) is 2.91. The zero-order valence-corrected chi connectivity index (χ0v) is 13.5. The molecule has 0 aliphatic rings. The first-order valence-electron chi connectivity index (χ1n) is 7.45. The molecular formula is C17H24N2S. The van der Waals surface area contributed by atoms with Crippen LogP contribution in [0.5, 0.6) is 0 Å². The molecule has 1 atom stereocenters. The molecule has 0 saturated carbocycles. The second-order valence-corrected chi connectivity index (χ2v) is 6.48. The van der Waals surface area contributed by atoms with Crippen LogP contribution >= 0.6 is 11.3 Å². The smallest absolute Gasteiger partial charge is 0.0384 e. The Morgan fingerprint density at radius 1 is 1.20 bits per heavy atom. The molecule has 0 bridgehead atoms. The molecule has 20 heavy (non-hydrogen) atoms. The number of nitrogens with zero attached hydrogens (tertiary/aromatic N) is 1. The molecular weight excluding hydrogens is 264 g/mol. The SMILES string of the molecule is CCCNC(Cc1ccc(CC)s1)c1cncc(C)c1. The Labute approximate surface area is 126 Å². The Hall–Kier alpha value is -1.19. The minimum absolute atomic E-state index is 0.366. The molecule has 108 valence electrons. The van der Waals surface area contributed by atoms with Gasteiger partial charge in [0.25, 0.3) is 0 Å². The van der Waals surface area contributed by atoms with Gasteiger partial charge in [0.15, 0.2) is 0 Å². The highest BCUT2D eigenvalue weighted by Crippen LogP contribution is 2.24. The van der Waals surface area contributed by atoms with E-state index in [4.69, 9.17) is 0 Å². The van der Waals surface area contributed by atoms with Crippen LogP contribution in [-0.2, 0) is 12.8 Å². The van der Waals surface area contributed by atoms with Crippen molar-refractivity contribution in [3.63, 3.8) is 0 Å². The number of rotatable bonds is 7. The van der Waals surface area contributed by atoms with E-state index in [0.29, 0.717) is 6.04 Å². The van der Waals surface area contributed by atoms with Gasteiger partial charge in [-0.05, 0) is 49.6 Å². The van der Waals surface area contributed by atoms with E-state index in [1.165, 1.54) is 20.9 Å². The van der Waals surface area contributed by atoms with Gasteiger partial charge in [0.1, 0.15) is 0 Å². The summed E-state index contributed by atoms with van der Waals surface area (Å²) >= 11 is 1.93. The number of hydrogen-bond acceptors (Lipinski definition) is 3. The molecule has 0 aliphatic heterocycles. The standard InChI is InChI=1S/C17H24N2S/c1-4-8-19-17(14-9-13(3)11-18-12-14)10-16-7-6-15(5-2)20-16/h6-7,9,11-12,17,19H,4-5,8,10H2,1-3H3. The van der Waals surface area contributed by atoms with Crippen LogP contribution in [-0.4, -0.2) is 11.5 Å². The summed E-state index contributed by atoms with van der Waals surface area (Å²) in [4.78, 5) is 7.26. The molecule has 3 heteroatoms. The van der Waals surface area contributed by atoms with Crippen molar-refractivity contribution in [1.82, 2.24) is 10.3 Å². The van der Waals surface area contributed by atoms with Crippen molar-refractivity contribution in [2.75, 3.05) is 6.54 Å². The van der Waals surface area contributed by atoms with E-state index >= 15 is 0 Å². The second kappa shape index (κ2) is 7.55. The van der Waals surface area contributed by atoms with E-state index in [9.17, 15) is 0 Å². The molecule has 2 aromatic rings. The van der Waals surface area contributed by atoms with E-state index in [1.54, 1.807) is 0 Å². The fourth-order valence-corrected chi connectivity index (χ4v) is 3.32. The van der Waals surface area contributed by atoms with Gasteiger partial charge in [0.05, 0.1) is 0 Å². The van der Waals surface area contributed by atoms with Crippen LogP contribution in [0.25, 0.3) is 0 Å². The first-order chi connectivity index (χ1) is 9.72. The van der Waals surface area contributed by atoms with Crippen LogP contribution in [0.15, 0.2) is 30.6 Å². The number of thiophene rings is 1. The van der Waals surface area contributed by atoms with Crippen LogP contribution in [0.3, 0.4) is 0 Å². The van der Waals surface area contributed by atoms with Gasteiger partial charge in [-0.2, -0.15) is 0 Å². The summed E-state index contributed by atoms with van der Waals surface area (Å²) in [6.07, 6.45) is 7.25. The fraction of sp³-hybridized carbons (Fsp3) is 0.471. The summed E-state index contributed by atoms with van der Waals surface area (Å²) < 4.78 is 0. The molecule has 0 fully saturated rings. The zero-order chi connectivity index (χ0) is 14.4. The molecule has 0 amide bonds. The summed E-state index contributed by atoms with van der Waals surface area (Å²) in [5, 5.41) is 3.66. The van der Waals surface area contributed by atoms with Gasteiger partial charge in [-0.1, -0.05) is 19.9 Å². The van der Waals surface area contributed by atoms with E-state index in [1.807, 2.05) is 23.7 Å². The third kappa shape index (κ3) is 4.15. The Kier molecular flexibility index (Phi) is 5.74. The molecule has 0 aliphatic carbocycles. The maximum atomic E-state index is 4.34. The van der Waals surface area contributed by atoms with Crippen molar-refractivity contribution in [1.29, 1.82) is 0 Å². The maximum absolute atomic E-state index is 4.34. The molecule has 2 aromatic heterocycles. The van der Waals surface area contributed by atoms with Crippen molar-refractivity contribution in [2.24, 2.45) is 0 Å². The van der Waals surface area contributed by atoms with Crippen molar-refractivity contribution in [3.8, 4) is 0 Å². The largest absolute Gasteiger partial charge is 0.310 e. The Balaban J connectivity index is 2.14. The van der Waals surface area contributed by atoms with Gasteiger partial charge < -0.3 is 5.32 Å². The lowest BCUT2D eigenvalue weighted by atomic mass is 10.0. The number of nitrogens with one attached hydrogen (secondary N) is 1. The topological polar surface area (TPSA) is 24.9 Å². The summed E-state index contributed by atoms with van der Waals surface area (Å²) in [7, 11) is 0. The Bertz CT molecular complexity index is 533. The predicted octanol–water partition coefficient (Wildman–Crippen LogP) is 4.30. The van der Waals surface area contributed by atoms with Crippen LogP contribution in [0.2, 0.25) is 0 Å². The van der Waals surface area contributed by atoms with Crippen molar-refractivity contribution in [3.05, 3.63) is 51.5 Å². The summed E-state index contributed by atoms with van der Waals surface area (Å²) in [6.45, 7) is 7.57. The van der Waals surface area contributed by atoms with Crippen LogP contribution < -0.4 is 5.32 Å². The molecule has 2 nitrogen and oxygen atoms in total. The molecule has 0 saturated heterocycles. The quantitative estimate of drug-likeness (QED) is 0.821. The highest BCUT2D eigenvalue weighted by atomic mass is 32.1. The van der Waals surface area contributed by atoms with Gasteiger partial charge in [-0.25, -0.2) is 0 Å². The van der Waals surface area contributed by atoms with Crippen molar-refractivity contribution < 1.29 is 0 Å².